The van der Waals surface area contributed by atoms with Crippen LogP contribution in [0.1, 0.15) is 66.8 Å². The zero-order valence-electron chi connectivity index (χ0n) is 74.7. The Morgan fingerprint density at radius 2 is 0.279 bits per heavy atom. The number of hydrogen-bond acceptors (Lipinski definition) is 9. The van der Waals surface area contributed by atoms with E-state index in [9.17, 15) is 0 Å². The zero-order chi connectivity index (χ0) is 88.0. The Balaban J connectivity index is 0.572. The van der Waals surface area contributed by atoms with Crippen molar-refractivity contribution in [2.75, 3.05) is 29.4 Å². The van der Waals surface area contributed by atoms with Crippen molar-refractivity contribution in [2.45, 2.75) is 83.1 Å². The van der Waals surface area contributed by atoms with Gasteiger partial charge < -0.3 is 42.7 Å². The van der Waals surface area contributed by atoms with Gasteiger partial charge in [0.1, 0.15) is 33.5 Å². The van der Waals surface area contributed by atoms with Crippen LogP contribution in [0.15, 0.2) is 389 Å². The summed E-state index contributed by atoms with van der Waals surface area (Å²) in [5.74, 6) is 0. The molecule has 0 unspecified atom stereocenters. The Kier molecular flexibility index (Phi) is 20.5. The average molecular weight is 1670 g/mol. The summed E-state index contributed by atoms with van der Waals surface area (Å²) in [6, 6.07) is 138. The highest BCUT2D eigenvalue weighted by Gasteiger charge is 2.27. The summed E-state index contributed by atoms with van der Waals surface area (Å²) in [7, 11) is 0. The standard InChI is InChI=1S/C120H98N6O3/c1-75-13-33-91(34-14-75)121(95-41-25-87(26-42-95)89-29-45-97(46-30-89)123(93-37-17-77(3)18-38-93)101-51-61-117-107(71-101)109-73-103(53-63-119(109)128-117)125(111-55-21-79(5)65-83(111)9)112-56-22-80(6)66-84(112)10)99-49-59-115-105(69-99)106-70-100(50-60-116(106)127-115)122(92-35-15-76(2)16-36-92)96-43-27-88(28-44-96)90-31-47-98(48-32-90)124(94-39-19-78(4)20-40-94)102-52-62-118-108(72-102)110-74-104(54-64-120(110)129-118)126(113-57-23-81(7)67-85(113)11)114-58-24-82(8)68-86(114)12/h13-74H,1-12H3. The third-order valence-corrected chi connectivity index (χ3v) is 25.6. The SMILES string of the molecule is Cc1ccc(N(c2ccc(-c3ccc(N(c4ccc(C)cc4)c4ccc5oc6ccc(N(c7ccc(C)cc7C)c7ccc(C)cc7C)cc6c5c4)cc3)cc2)c2ccc3oc4ccc(N(c5ccc(C)cc5)c5ccc(-c6ccc(N(c7ccc(C)cc7)c7ccc8oc9ccc(N(c%10ccc(C)cc%10C)c%10ccc(C)cc%10C)cc9c8c7)cc6)cc5)cc4c3c2)cc1. The van der Waals surface area contributed by atoms with Gasteiger partial charge in [-0.25, -0.2) is 0 Å². The number of benzene rings is 18. The van der Waals surface area contributed by atoms with E-state index in [2.05, 4.69) is 489 Å². The summed E-state index contributed by atoms with van der Waals surface area (Å²) in [4.78, 5) is 14.2. The van der Waals surface area contributed by atoms with Crippen molar-refractivity contribution in [1.29, 1.82) is 0 Å². The van der Waals surface area contributed by atoms with E-state index in [1.165, 1.54) is 66.8 Å². The quantitative estimate of drug-likeness (QED) is 0.0743. The number of rotatable bonds is 20. The van der Waals surface area contributed by atoms with Gasteiger partial charge in [-0.3, -0.25) is 0 Å². The molecule has 9 heteroatoms. The van der Waals surface area contributed by atoms with Gasteiger partial charge in [0, 0.05) is 135 Å². The van der Waals surface area contributed by atoms with Crippen molar-refractivity contribution < 1.29 is 13.3 Å². The topological polar surface area (TPSA) is 58.9 Å². The number of hydrogen-bond donors (Lipinski definition) is 0. The van der Waals surface area contributed by atoms with Crippen molar-refractivity contribution >= 4 is 168 Å². The molecule has 0 fully saturated rings. The molecule has 21 rings (SSSR count). The van der Waals surface area contributed by atoms with Crippen LogP contribution in [0, 0.1) is 83.1 Å². The molecule has 9 nitrogen and oxygen atoms in total. The van der Waals surface area contributed by atoms with E-state index in [1.807, 2.05) is 0 Å². The van der Waals surface area contributed by atoms with Gasteiger partial charge in [-0.1, -0.05) is 190 Å². The van der Waals surface area contributed by atoms with Gasteiger partial charge in [0.2, 0.25) is 0 Å². The molecule has 0 aliphatic carbocycles. The van der Waals surface area contributed by atoms with Crippen LogP contribution >= 0.6 is 0 Å². The summed E-state index contributed by atoms with van der Waals surface area (Å²) in [5, 5.41) is 6.24. The minimum atomic E-state index is 0.815. The lowest BCUT2D eigenvalue weighted by Gasteiger charge is -2.29. The first-order valence-electron chi connectivity index (χ1n) is 44.5. The summed E-state index contributed by atoms with van der Waals surface area (Å²) < 4.78 is 20.1. The molecule has 3 aromatic heterocycles. The van der Waals surface area contributed by atoms with E-state index >= 15 is 0 Å². The first-order valence-corrected chi connectivity index (χ1v) is 44.5. The van der Waals surface area contributed by atoms with Gasteiger partial charge in [0.25, 0.3) is 0 Å². The number of furan rings is 3. The summed E-state index contributed by atoms with van der Waals surface area (Å²) in [5.41, 5.74) is 43.1. The number of aryl methyl sites for hydroxylation is 12. The largest absolute Gasteiger partial charge is 0.456 e. The molecule has 0 bridgehead atoms. The fourth-order valence-corrected chi connectivity index (χ4v) is 18.9. The van der Waals surface area contributed by atoms with Crippen molar-refractivity contribution in [2.24, 2.45) is 0 Å². The van der Waals surface area contributed by atoms with Gasteiger partial charge >= 0.3 is 0 Å². The van der Waals surface area contributed by atoms with Gasteiger partial charge in [-0.15, -0.1) is 0 Å². The van der Waals surface area contributed by atoms with Crippen LogP contribution in [0.5, 0.6) is 0 Å². The fourth-order valence-electron chi connectivity index (χ4n) is 18.9. The molecule has 626 valence electrons. The molecule has 0 saturated heterocycles. The van der Waals surface area contributed by atoms with Crippen molar-refractivity contribution in [3.05, 3.63) is 443 Å². The van der Waals surface area contributed by atoms with E-state index in [-0.39, 0.29) is 0 Å². The van der Waals surface area contributed by atoms with Crippen molar-refractivity contribution in [3.8, 4) is 22.3 Å². The highest BCUT2D eigenvalue weighted by Crippen LogP contribution is 2.50. The maximum atomic E-state index is 6.76. The lowest BCUT2D eigenvalue weighted by atomic mass is 10.0. The first kappa shape index (κ1) is 80.3. The maximum absolute atomic E-state index is 6.76. The number of fused-ring (bicyclic) bond motifs is 9. The van der Waals surface area contributed by atoms with Crippen LogP contribution in [0.4, 0.5) is 102 Å². The molecule has 18 aromatic carbocycles. The minimum absolute atomic E-state index is 0.815. The molecule has 0 atom stereocenters. The van der Waals surface area contributed by atoms with Gasteiger partial charge in [0.15, 0.2) is 0 Å². The molecule has 0 amide bonds. The summed E-state index contributed by atoms with van der Waals surface area (Å²) >= 11 is 0. The average Bonchev–Trinajstić information content (AvgIpc) is 1.64. The van der Waals surface area contributed by atoms with Gasteiger partial charge in [0.05, 0.1) is 0 Å². The van der Waals surface area contributed by atoms with Crippen LogP contribution in [0.2, 0.25) is 0 Å². The van der Waals surface area contributed by atoms with Crippen LogP contribution < -0.4 is 29.4 Å². The van der Waals surface area contributed by atoms with E-state index in [1.54, 1.807) is 0 Å². The Labute approximate surface area is 754 Å². The predicted octanol–water partition coefficient (Wildman–Crippen LogP) is 35.2. The van der Waals surface area contributed by atoms with E-state index in [4.69, 9.17) is 13.3 Å². The van der Waals surface area contributed by atoms with Crippen molar-refractivity contribution in [3.63, 3.8) is 0 Å². The van der Waals surface area contributed by atoms with E-state index in [0.29, 0.717) is 0 Å². The fraction of sp³-hybridized carbons (Fsp3) is 0.100. The maximum Gasteiger partial charge on any atom is 0.135 e. The second-order valence-electron chi connectivity index (χ2n) is 35.1. The third-order valence-electron chi connectivity index (χ3n) is 25.6. The van der Waals surface area contributed by atoms with Crippen LogP contribution in [0.25, 0.3) is 88.1 Å². The minimum Gasteiger partial charge on any atom is -0.456 e. The smallest absolute Gasteiger partial charge is 0.135 e. The van der Waals surface area contributed by atoms with Crippen LogP contribution in [0.3, 0.4) is 0 Å². The normalized spacial score (nSPS) is 11.6. The van der Waals surface area contributed by atoms with Gasteiger partial charge in [-0.2, -0.15) is 0 Å². The Morgan fingerprint density at radius 3 is 0.450 bits per heavy atom. The van der Waals surface area contributed by atoms with Crippen LogP contribution in [-0.2, 0) is 0 Å². The molecular weight excluding hydrogens is 1570 g/mol. The molecule has 0 aliphatic rings. The monoisotopic (exact) mass is 1670 g/mol. The lowest BCUT2D eigenvalue weighted by Crippen LogP contribution is -2.13. The number of nitrogens with zero attached hydrogens (tertiary/aromatic N) is 6. The molecule has 0 aliphatic heterocycles. The predicted molar refractivity (Wildman–Crippen MR) is 544 cm³/mol. The molecule has 0 N–H and O–H groups in total. The molecule has 129 heavy (non-hydrogen) atoms. The Hall–Kier alpha value is -15.8. The van der Waals surface area contributed by atoms with E-state index < -0.39 is 0 Å². The third kappa shape index (κ3) is 15.3. The van der Waals surface area contributed by atoms with Gasteiger partial charge in [-0.05, 0) is 358 Å². The van der Waals surface area contributed by atoms with Crippen molar-refractivity contribution in [1.82, 2.24) is 0 Å². The zero-order valence-corrected chi connectivity index (χ0v) is 74.7. The Morgan fingerprint density at radius 1 is 0.132 bits per heavy atom. The second kappa shape index (κ2) is 32.9. The molecule has 0 spiro atoms. The van der Waals surface area contributed by atoms with E-state index in [0.717, 1.165) is 190 Å². The molecule has 0 radical (unpaired) electrons. The second-order valence-corrected chi connectivity index (χ2v) is 35.1. The molecule has 0 saturated carbocycles. The summed E-state index contributed by atoms with van der Waals surface area (Å²) in [6.07, 6.45) is 0. The lowest BCUT2D eigenvalue weighted by molar-refractivity contribution is 0.668. The first-order chi connectivity index (χ1) is 62.8. The summed E-state index contributed by atoms with van der Waals surface area (Å²) in [6.45, 7) is 26.0. The Bertz CT molecular complexity index is 7290. The number of anilines is 18. The molecular formula is C120H98N6O3. The highest BCUT2D eigenvalue weighted by atomic mass is 16.3. The van der Waals surface area contributed by atoms with Crippen LogP contribution in [-0.4, -0.2) is 0 Å². The highest BCUT2D eigenvalue weighted by molar-refractivity contribution is 6.11. The molecule has 21 aromatic rings. The molecule has 3 heterocycles.